The van der Waals surface area contributed by atoms with Crippen LogP contribution in [0.1, 0.15) is 6.92 Å². The number of aliphatic hydroxyl groups excluding tert-OH is 4. The van der Waals surface area contributed by atoms with Gasteiger partial charge >= 0.3 is 0 Å². The van der Waals surface area contributed by atoms with E-state index in [4.69, 9.17) is 20.4 Å². The van der Waals surface area contributed by atoms with E-state index in [1.54, 1.807) is 0 Å². The van der Waals surface area contributed by atoms with Gasteiger partial charge in [-0.1, -0.05) is 0 Å². The highest BCUT2D eigenvalue weighted by atomic mass is 32.1. The molecule has 0 amide bonds. The average Bonchev–Trinajstić information content (AvgIpc) is 2.04. The van der Waals surface area contributed by atoms with Crippen LogP contribution in [0.2, 0.25) is 0 Å². The van der Waals surface area contributed by atoms with Crippen molar-refractivity contribution in [1.29, 1.82) is 0 Å². The lowest BCUT2D eigenvalue weighted by Crippen LogP contribution is -2.14. The van der Waals surface area contributed by atoms with Crippen molar-refractivity contribution >= 4 is 25.3 Å². The Bertz CT molecular complexity index is 79.6. The van der Waals surface area contributed by atoms with Gasteiger partial charge in [0.15, 0.2) is 0 Å². The largest absolute Gasteiger partial charge is 0.394 e. The van der Waals surface area contributed by atoms with Gasteiger partial charge in [0, 0.05) is 5.75 Å². The van der Waals surface area contributed by atoms with Gasteiger partial charge in [0.05, 0.1) is 18.8 Å². The summed E-state index contributed by atoms with van der Waals surface area (Å²) in [5, 5.41) is 32.9. The van der Waals surface area contributed by atoms with Gasteiger partial charge in [-0.2, -0.15) is 12.6 Å². The fourth-order valence-electron chi connectivity index (χ4n) is 0.0577. The first-order valence-corrected chi connectivity index (χ1v) is 4.54. The lowest BCUT2D eigenvalue weighted by atomic mass is 10.4. The first-order chi connectivity index (χ1) is 5.45. The molecule has 0 bridgehead atoms. The SMILES string of the molecule is CC(O)C(O)S.OCC(O)CS. The molecule has 6 heteroatoms. The van der Waals surface area contributed by atoms with E-state index >= 15 is 0 Å². The van der Waals surface area contributed by atoms with Crippen molar-refractivity contribution < 1.29 is 20.4 Å². The molecule has 0 radical (unpaired) electrons. The molecular weight excluding hydrogens is 200 g/mol. The molecule has 0 saturated heterocycles. The molecule has 12 heavy (non-hydrogen) atoms. The Hall–Kier alpha value is 0.540. The third-order valence-corrected chi connectivity index (χ3v) is 1.71. The van der Waals surface area contributed by atoms with E-state index in [-0.39, 0.29) is 6.61 Å². The normalized spacial score (nSPS) is 17.2. The predicted molar refractivity (Wildman–Crippen MR) is 53.6 cm³/mol. The molecule has 0 aliphatic carbocycles. The Morgan fingerprint density at radius 2 is 1.58 bits per heavy atom. The highest BCUT2D eigenvalue weighted by Crippen LogP contribution is 1.93. The Balaban J connectivity index is 0. The van der Waals surface area contributed by atoms with Crippen LogP contribution in [0.3, 0.4) is 0 Å². The molecule has 0 saturated carbocycles. The third kappa shape index (κ3) is 13.2. The Morgan fingerprint density at radius 1 is 1.25 bits per heavy atom. The van der Waals surface area contributed by atoms with Crippen molar-refractivity contribution in [3.63, 3.8) is 0 Å². The number of hydrogen-bond acceptors (Lipinski definition) is 6. The summed E-state index contributed by atoms with van der Waals surface area (Å²) in [5.74, 6) is 0.330. The lowest BCUT2D eigenvalue weighted by Gasteiger charge is -2.02. The summed E-state index contributed by atoms with van der Waals surface area (Å²) in [6.45, 7) is 1.28. The molecule has 0 aromatic rings. The molecule has 4 nitrogen and oxygen atoms in total. The van der Waals surface area contributed by atoms with Gasteiger partial charge in [-0.25, -0.2) is 0 Å². The predicted octanol–water partition coefficient (Wildman–Crippen LogP) is -1.12. The second kappa shape index (κ2) is 9.63. The quantitative estimate of drug-likeness (QED) is 0.267. The summed E-state index contributed by atoms with van der Waals surface area (Å²) < 4.78 is 0. The highest BCUT2D eigenvalue weighted by Gasteiger charge is 2.00. The minimum atomic E-state index is -0.898. The molecule has 3 atom stereocenters. The van der Waals surface area contributed by atoms with Crippen LogP contribution >= 0.6 is 25.3 Å². The van der Waals surface area contributed by atoms with Crippen LogP contribution in [-0.2, 0) is 0 Å². The maximum Gasteiger partial charge on any atom is 0.122 e. The molecule has 0 aromatic heterocycles. The van der Waals surface area contributed by atoms with Crippen molar-refractivity contribution in [3.8, 4) is 0 Å². The van der Waals surface area contributed by atoms with Crippen molar-refractivity contribution in [1.82, 2.24) is 0 Å². The summed E-state index contributed by atoms with van der Waals surface area (Å²) in [5.41, 5.74) is -0.898. The molecule has 0 rings (SSSR count). The second-order valence-electron chi connectivity index (χ2n) is 2.17. The topological polar surface area (TPSA) is 80.9 Å². The number of rotatable bonds is 3. The lowest BCUT2D eigenvalue weighted by molar-refractivity contribution is 0.0886. The first-order valence-electron chi connectivity index (χ1n) is 3.39. The molecule has 4 N–H and O–H groups in total. The fourth-order valence-corrected chi connectivity index (χ4v) is 0.173. The smallest absolute Gasteiger partial charge is 0.122 e. The summed E-state index contributed by atoms with van der Waals surface area (Å²) >= 11 is 7.18. The zero-order valence-electron chi connectivity index (χ0n) is 6.83. The van der Waals surface area contributed by atoms with Gasteiger partial charge in [-0.05, 0) is 6.92 Å². The summed E-state index contributed by atoms with van der Waals surface area (Å²) in [6, 6.07) is 0. The molecule has 0 aromatic carbocycles. The number of thiol groups is 2. The van der Waals surface area contributed by atoms with Gasteiger partial charge in [-0.15, -0.1) is 12.6 Å². The maximum atomic E-state index is 8.34. The minimum absolute atomic E-state index is 0.191. The van der Waals surface area contributed by atoms with Crippen LogP contribution in [0.25, 0.3) is 0 Å². The number of hydrogen-bond donors (Lipinski definition) is 6. The van der Waals surface area contributed by atoms with Crippen molar-refractivity contribution in [3.05, 3.63) is 0 Å². The van der Waals surface area contributed by atoms with Crippen LogP contribution < -0.4 is 0 Å². The average molecular weight is 216 g/mol. The zero-order chi connectivity index (χ0) is 10.1. The van der Waals surface area contributed by atoms with Crippen LogP contribution in [-0.4, -0.2) is 50.4 Å². The van der Waals surface area contributed by atoms with Gasteiger partial charge in [0.25, 0.3) is 0 Å². The van der Waals surface area contributed by atoms with Crippen LogP contribution in [0.4, 0.5) is 0 Å². The van der Waals surface area contributed by atoms with E-state index < -0.39 is 17.6 Å². The van der Waals surface area contributed by atoms with Crippen LogP contribution in [0.5, 0.6) is 0 Å². The first kappa shape index (κ1) is 15.0. The Kier molecular flexibility index (Phi) is 12.1. The van der Waals surface area contributed by atoms with Crippen LogP contribution in [0.15, 0.2) is 0 Å². The molecule has 0 aliphatic rings. The van der Waals surface area contributed by atoms with E-state index in [2.05, 4.69) is 25.3 Å². The molecular formula is C6H16O4S2. The highest BCUT2D eigenvalue weighted by molar-refractivity contribution is 7.80. The molecule has 3 unspecified atom stereocenters. The Labute approximate surface area is 83.1 Å². The minimum Gasteiger partial charge on any atom is -0.394 e. The monoisotopic (exact) mass is 216 g/mol. The molecule has 0 fully saturated rings. The van der Waals surface area contributed by atoms with E-state index in [0.717, 1.165) is 0 Å². The number of aliphatic hydroxyl groups is 4. The summed E-state index contributed by atoms with van der Waals surface area (Å²) in [7, 11) is 0. The van der Waals surface area contributed by atoms with E-state index in [0.29, 0.717) is 5.75 Å². The maximum absolute atomic E-state index is 8.34. The van der Waals surface area contributed by atoms with Gasteiger partial charge in [-0.3, -0.25) is 0 Å². The summed E-state index contributed by atoms with van der Waals surface area (Å²) in [4.78, 5) is 0. The van der Waals surface area contributed by atoms with Crippen molar-refractivity contribution in [2.24, 2.45) is 0 Å². The standard InChI is InChI=1S/2C3H8O2S/c4-1-3(5)2-6;1-2(4)3(5)6/h3-6H,1-2H2;2-6H,1H3. The van der Waals surface area contributed by atoms with E-state index in [9.17, 15) is 0 Å². The van der Waals surface area contributed by atoms with E-state index in [1.165, 1.54) is 6.92 Å². The van der Waals surface area contributed by atoms with Crippen molar-refractivity contribution in [2.75, 3.05) is 12.4 Å². The Morgan fingerprint density at radius 3 is 1.58 bits per heavy atom. The zero-order valence-corrected chi connectivity index (χ0v) is 8.62. The van der Waals surface area contributed by atoms with Crippen LogP contribution in [0, 0.1) is 0 Å². The molecule has 76 valence electrons. The van der Waals surface area contributed by atoms with Gasteiger partial charge < -0.3 is 20.4 Å². The molecule has 0 aliphatic heterocycles. The van der Waals surface area contributed by atoms with Crippen molar-refractivity contribution in [2.45, 2.75) is 24.6 Å². The third-order valence-electron chi connectivity index (χ3n) is 0.853. The fraction of sp³-hybridized carbons (Fsp3) is 1.00. The van der Waals surface area contributed by atoms with Gasteiger partial charge in [0.1, 0.15) is 5.44 Å². The summed E-state index contributed by atoms with van der Waals surface area (Å²) in [6.07, 6.45) is -1.37. The van der Waals surface area contributed by atoms with Gasteiger partial charge in [0.2, 0.25) is 0 Å². The molecule has 0 heterocycles. The second-order valence-corrected chi connectivity index (χ2v) is 3.07. The molecule has 0 spiro atoms. The van der Waals surface area contributed by atoms with E-state index in [1.807, 2.05) is 0 Å².